The van der Waals surface area contributed by atoms with E-state index in [0.29, 0.717) is 0 Å². The van der Waals surface area contributed by atoms with Gasteiger partial charge < -0.3 is 4.74 Å². The number of ether oxygens (including phenoxy) is 1. The molecule has 12 heavy (non-hydrogen) atoms. The summed E-state index contributed by atoms with van der Waals surface area (Å²) < 4.78 is 5.32. The molecule has 1 rings (SSSR count). The van der Waals surface area contributed by atoms with Crippen molar-refractivity contribution in [3.63, 3.8) is 0 Å². The van der Waals surface area contributed by atoms with Crippen LogP contribution in [-0.4, -0.2) is 13.2 Å². The minimum absolute atomic E-state index is 0.796. The molecule has 2 heteroatoms. The molecule has 0 unspecified atom stereocenters. The molecule has 0 bridgehead atoms. The predicted octanol–water partition coefficient (Wildman–Crippen LogP) is 2.92. The third-order valence-corrected chi connectivity index (χ3v) is 2.52. The average Bonchev–Trinajstić information content (AvgIpc) is 2.57. The zero-order chi connectivity index (χ0) is 8.65. The Morgan fingerprint density at radius 1 is 1.42 bits per heavy atom. The first-order valence-electron chi connectivity index (χ1n) is 4.33. The van der Waals surface area contributed by atoms with Crippen LogP contribution in [0, 0.1) is 6.92 Å². The van der Waals surface area contributed by atoms with E-state index in [-0.39, 0.29) is 0 Å². The maximum Gasteiger partial charge on any atom is 0.0469 e. The second-order valence-corrected chi connectivity index (χ2v) is 3.68. The zero-order valence-electron chi connectivity index (χ0n) is 7.29. The molecule has 0 saturated carbocycles. The van der Waals surface area contributed by atoms with Crippen LogP contribution in [0.15, 0.2) is 17.5 Å². The molecule has 0 aromatic carbocycles. The molecule has 1 aromatic heterocycles. The quantitative estimate of drug-likeness (QED) is 0.616. The smallest absolute Gasteiger partial charge is 0.0469 e. The molecule has 0 amide bonds. The van der Waals surface area contributed by atoms with E-state index in [1.807, 2.05) is 11.3 Å². The molecule has 0 atom stereocenters. The summed E-state index contributed by atoms with van der Waals surface area (Å²) in [5.74, 6) is 0. The first-order chi connectivity index (χ1) is 5.93. The Kier molecular flexibility index (Phi) is 5.04. The lowest BCUT2D eigenvalue weighted by Crippen LogP contribution is -1.96. The van der Waals surface area contributed by atoms with Gasteiger partial charge in [0.15, 0.2) is 0 Å². The van der Waals surface area contributed by atoms with Gasteiger partial charge in [0.1, 0.15) is 0 Å². The topological polar surface area (TPSA) is 9.23 Å². The molecule has 0 spiro atoms. The minimum Gasteiger partial charge on any atom is -0.381 e. The number of rotatable bonds is 6. The van der Waals surface area contributed by atoms with Crippen molar-refractivity contribution in [2.24, 2.45) is 0 Å². The van der Waals surface area contributed by atoms with Crippen LogP contribution in [-0.2, 0) is 11.2 Å². The summed E-state index contributed by atoms with van der Waals surface area (Å²) in [6.45, 7) is 5.37. The lowest BCUT2D eigenvalue weighted by atomic mass is 10.3. The van der Waals surface area contributed by atoms with E-state index in [4.69, 9.17) is 4.74 Å². The van der Waals surface area contributed by atoms with Crippen molar-refractivity contribution in [2.75, 3.05) is 13.2 Å². The largest absolute Gasteiger partial charge is 0.381 e. The van der Waals surface area contributed by atoms with E-state index in [2.05, 4.69) is 24.4 Å². The Labute approximate surface area is 78.4 Å². The van der Waals surface area contributed by atoms with Gasteiger partial charge in [-0.1, -0.05) is 13.0 Å². The maximum atomic E-state index is 5.32. The summed E-state index contributed by atoms with van der Waals surface area (Å²) in [6, 6.07) is 4.27. The Hall–Kier alpha value is -0.340. The van der Waals surface area contributed by atoms with Crippen molar-refractivity contribution in [3.05, 3.63) is 29.3 Å². The number of hydrogen-bond donors (Lipinski definition) is 0. The maximum absolute atomic E-state index is 5.32. The van der Waals surface area contributed by atoms with Crippen molar-refractivity contribution in [3.8, 4) is 0 Å². The van der Waals surface area contributed by atoms with Crippen LogP contribution in [0.3, 0.4) is 0 Å². The van der Waals surface area contributed by atoms with E-state index in [9.17, 15) is 0 Å². The van der Waals surface area contributed by atoms with Gasteiger partial charge in [0, 0.05) is 18.1 Å². The fourth-order valence-corrected chi connectivity index (χ4v) is 1.76. The van der Waals surface area contributed by atoms with Crippen molar-refractivity contribution >= 4 is 11.3 Å². The van der Waals surface area contributed by atoms with Gasteiger partial charge in [-0.2, -0.15) is 0 Å². The van der Waals surface area contributed by atoms with Crippen LogP contribution < -0.4 is 0 Å². The first kappa shape index (κ1) is 9.75. The molecule has 67 valence electrons. The van der Waals surface area contributed by atoms with Crippen LogP contribution >= 0.6 is 11.3 Å². The highest BCUT2D eigenvalue weighted by Gasteiger charge is 1.92. The highest BCUT2D eigenvalue weighted by Crippen LogP contribution is 2.10. The molecule has 0 fully saturated rings. The third kappa shape index (κ3) is 3.88. The number of thiophene rings is 1. The third-order valence-electron chi connectivity index (χ3n) is 1.58. The second-order valence-electron chi connectivity index (χ2n) is 2.65. The second kappa shape index (κ2) is 6.21. The summed E-state index contributed by atoms with van der Waals surface area (Å²) in [6.07, 6.45) is 3.15. The van der Waals surface area contributed by atoms with Crippen molar-refractivity contribution in [1.82, 2.24) is 0 Å². The average molecular weight is 183 g/mol. The van der Waals surface area contributed by atoms with Gasteiger partial charge in [-0.15, -0.1) is 11.3 Å². The molecule has 1 heterocycles. The zero-order valence-corrected chi connectivity index (χ0v) is 8.11. The number of aryl methyl sites for hydroxylation is 1. The number of hydrogen-bond acceptors (Lipinski definition) is 2. The van der Waals surface area contributed by atoms with E-state index in [1.165, 1.54) is 4.88 Å². The molecular weight excluding hydrogens is 168 g/mol. The van der Waals surface area contributed by atoms with Crippen LogP contribution in [0.4, 0.5) is 0 Å². The summed E-state index contributed by atoms with van der Waals surface area (Å²) in [5.41, 5.74) is 0. The van der Waals surface area contributed by atoms with Gasteiger partial charge >= 0.3 is 0 Å². The van der Waals surface area contributed by atoms with Crippen LogP contribution in [0.1, 0.15) is 17.7 Å². The van der Waals surface area contributed by atoms with Gasteiger partial charge in [0.25, 0.3) is 0 Å². The fourth-order valence-electron chi connectivity index (χ4n) is 1.01. The molecular formula is C10H15OS. The summed E-state index contributed by atoms with van der Waals surface area (Å²) in [5, 5.41) is 2.12. The lowest BCUT2D eigenvalue weighted by Gasteiger charge is -2.00. The van der Waals surface area contributed by atoms with Gasteiger partial charge in [-0.25, -0.2) is 0 Å². The molecule has 0 N–H and O–H groups in total. The summed E-state index contributed by atoms with van der Waals surface area (Å²) in [4.78, 5) is 1.45. The van der Waals surface area contributed by atoms with Crippen LogP contribution in [0.2, 0.25) is 0 Å². The van der Waals surface area contributed by atoms with Gasteiger partial charge in [-0.3, -0.25) is 0 Å². The van der Waals surface area contributed by atoms with Crippen molar-refractivity contribution in [2.45, 2.75) is 19.3 Å². The van der Waals surface area contributed by atoms with Crippen LogP contribution in [0.25, 0.3) is 0 Å². The van der Waals surface area contributed by atoms with E-state index >= 15 is 0 Å². The SMILES string of the molecule is [CH2]CCOCCCc1cccs1. The van der Waals surface area contributed by atoms with Crippen molar-refractivity contribution < 1.29 is 4.74 Å². The fraction of sp³-hybridized carbons (Fsp3) is 0.500. The van der Waals surface area contributed by atoms with Gasteiger partial charge in [0.2, 0.25) is 0 Å². The summed E-state index contributed by atoms with van der Waals surface area (Å²) in [7, 11) is 0. The molecule has 0 aliphatic heterocycles. The van der Waals surface area contributed by atoms with Crippen LogP contribution in [0.5, 0.6) is 0 Å². The van der Waals surface area contributed by atoms with E-state index < -0.39 is 0 Å². The molecule has 0 aliphatic rings. The molecule has 1 radical (unpaired) electrons. The van der Waals surface area contributed by atoms with E-state index in [1.54, 1.807) is 0 Å². The minimum atomic E-state index is 0.796. The molecule has 1 aromatic rings. The van der Waals surface area contributed by atoms with Gasteiger partial charge in [0.05, 0.1) is 0 Å². The molecule has 0 saturated heterocycles. The van der Waals surface area contributed by atoms with Gasteiger partial charge in [-0.05, 0) is 30.7 Å². The normalized spacial score (nSPS) is 10.4. The lowest BCUT2D eigenvalue weighted by molar-refractivity contribution is 0.136. The Bertz CT molecular complexity index is 182. The standard InChI is InChI=1S/C10H15OS/c1-2-7-11-8-3-5-10-6-4-9-12-10/h4,6,9H,1-3,5,7-8H2. The highest BCUT2D eigenvalue weighted by molar-refractivity contribution is 7.09. The Morgan fingerprint density at radius 2 is 2.33 bits per heavy atom. The van der Waals surface area contributed by atoms with Crippen molar-refractivity contribution in [1.29, 1.82) is 0 Å². The Balaban J connectivity index is 1.96. The Morgan fingerprint density at radius 3 is 3.00 bits per heavy atom. The predicted molar refractivity (Wildman–Crippen MR) is 53.4 cm³/mol. The molecule has 1 nitrogen and oxygen atoms in total. The molecule has 0 aliphatic carbocycles. The highest BCUT2D eigenvalue weighted by atomic mass is 32.1. The summed E-state index contributed by atoms with van der Waals surface area (Å²) >= 11 is 1.82. The monoisotopic (exact) mass is 183 g/mol. The van der Waals surface area contributed by atoms with E-state index in [0.717, 1.165) is 32.5 Å². The first-order valence-corrected chi connectivity index (χ1v) is 5.21.